The number of rotatable bonds is 6. The fraction of sp³-hybridized carbons (Fsp3) is 0.235. The van der Waals surface area contributed by atoms with Gasteiger partial charge in [0.1, 0.15) is 5.75 Å². The molecule has 0 N–H and O–H groups in total. The Labute approximate surface area is 133 Å². The zero-order chi connectivity index (χ0) is 14.5. The molecule has 0 bridgehead atoms. The van der Waals surface area contributed by atoms with Crippen molar-refractivity contribution in [2.24, 2.45) is 0 Å². The van der Waals surface area contributed by atoms with E-state index in [2.05, 4.69) is 42.2 Å². The molecule has 3 aromatic rings. The minimum Gasteiger partial charge on any atom is -0.494 e. The summed E-state index contributed by atoms with van der Waals surface area (Å²) in [5, 5.41) is 0. The molecule has 0 radical (unpaired) electrons. The highest BCUT2D eigenvalue weighted by Gasteiger charge is 2.04. The lowest BCUT2D eigenvalue weighted by Crippen LogP contribution is -1.94. The number of ether oxygens (including phenoxy) is 1. The SMILES string of the molecule is CCCOc1ccc(CSc2nc3ccccc3s2)cc1. The zero-order valence-corrected chi connectivity index (χ0v) is 13.5. The fourth-order valence-corrected chi connectivity index (χ4v) is 3.98. The van der Waals surface area contributed by atoms with Crippen LogP contribution in [0.15, 0.2) is 52.9 Å². The molecular weight excluding hydrogens is 298 g/mol. The van der Waals surface area contributed by atoms with Gasteiger partial charge in [0.05, 0.1) is 16.8 Å². The van der Waals surface area contributed by atoms with Crippen LogP contribution in [0, 0.1) is 0 Å². The zero-order valence-electron chi connectivity index (χ0n) is 11.9. The third kappa shape index (κ3) is 3.77. The van der Waals surface area contributed by atoms with E-state index in [1.165, 1.54) is 10.3 Å². The number of benzene rings is 2. The van der Waals surface area contributed by atoms with E-state index in [1.54, 1.807) is 23.1 Å². The number of aromatic nitrogens is 1. The van der Waals surface area contributed by atoms with Gasteiger partial charge < -0.3 is 4.74 Å². The van der Waals surface area contributed by atoms with E-state index >= 15 is 0 Å². The second-order valence-corrected chi connectivity index (χ2v) is 6.98. The van der Waals surface area contributed by atoms with Crippen LogP contribution in [-0.4, -0.2) is 11.6 Å². The molecule has 2 nitrogen and oxygen atoms in total. The van der Waals surface area contributed by atoms with Crippen LogP contribution in [0.4, 0.5) is 0 Å². The summed E-state index contributed by atoms with van der Waals surface area (Å²) >= 11 is 3.55. The molecule has 4 heteroatoms. The van der Waals surface area contributed by atoms with E-state index in [1.807, 2.05) is 18.2 Å². The van der Waals surface area contributed by atoms with E-state index in [4.69, 9.17) is 4.74 Å². The third-order valence-electron chi connectivity index (χ3n) is 3.03. The summed E-state index contributed by atoms with van der Waals surface area (Å²) < 4.78 is 7.98. The van der Waals surface area contributed by atoms with E-state index in [9.17, 15) is 0 Å². The van der Waals surface area contributed by atoms with Crippen molar-refractivity contribution in [3.63, 3.8) is 0 Å². The van der Waals surface area contributed by atoms with Crippen molar-refractivity contribution in [1.29, 1.82) is 0 Å². The average Bonchev–Trinajstić information content (AvgIpc) is 2.95. The van der Waals surface area contributed by atoms with Crippen LogP contribution in [0.25, 0.3) is 10.2 Å². The molecule has 1 aromatic heterocycles. The predicted octanol–water partition coefficient (Wildman–Crippen LogP) is 5.38. The van der Waals surface area contributed by atoms with E-state index < -0.39 is 0 Å². The Balaban J connectivity index is 1.61. The molecule has 1 heterocycles. The Morgan fingerprint density at radius 2 is 1.90 bits per heavy atom. The van der Waals surface area contributed by atoms with Gasteiger partial charge >= 0.3 is 0 Å². The normalized spacial score (nSPS) is 10.9. The number of hydrogen-bond acceptors (Lipinski definition) is 4. The lowest BCUT2D eigenvalue weighted by Gasteiger charge is -2.05. The van der Waals surface area contributed by atoms with Gasteiger partial charge in [0, 0.05) is 5.75 Å². The van der Waals surface area contributed by atoms with Gasteiger partial charge in [-0.1, -0.05) is 43.0 Å². The summed E-state index contributed by atoms with van der Waals surface area (Å²) in [5.74, 6) is 1.89. The number of hydrogen-bond donors (Lipinski definition) is 0. The first-order valence-corrected chi connectivity index (χ1v) is 8.85. The highest BCUT2D eigenvalue weighted by molar-refractivity contribution is 8.00. The third-order valence-corrected chi connectivity index (χ3v) is 5.28. The molecule has 0 saturated carbocycles. The Morgan fingerprint density at radius 1 is 1.10 bits per heavy atom. The fourth-order valence-electron chi connectivity index (χ4n) is 1.96. The monoisotopic (exact) mass is 315 g/mol. The molecule has 2 aromatic carbocycles. The highest BCUT2D eigenvalue weighted by Crippen LogP contribution is 2.31. The first kappa shape index (κ1) is 14.4. The maximum absolute atomic E-state index is 5.60. The summed E-state index contributed by atoms with van der Waals surface area (Å²) in [7, 11) is 0. The standard InChI is InChI=1S/C17H17NOS2/c1-2-11-19-14-9-7-13(8-10-14)12-20-17-18-15-5-3-4-6-16(15)21-17/h3-10H,2,11-12H2,1H3. The molecule has 0 atom stereocenters. The van der Waals surface area contributed by atoms with Gasteiger partial charge in [0.2, 0.25) is 0 Å². The minimum absolute atomic E-state index is 0.778. The Hall–Kier alpha value is -1.52. The molecule has 0 saturated heterocycles. The number of thiazole rings is 1. The summed E-state index contributed by atoms with van der Waals surface area (Å²) in [6.07, 6.45) is 1.04. The number of thioether (sulfide) groups is 1. The van der Waals surface area contributed by atoms with Crippen LogP contribution < -0.4 is 4.74 Å². The molecule has 108 valence electrons. The lowest BCUT2D eigenvalue weighted by molar-refractivity contribution is 0.317. The Morgan fingerprint density at radius 3 is 2.67 bits per heavy atom. The van der Waals surface area contributed by atoms with Gasteiger partial charge in [-0.3, -0.25) is 0 Å². The minimum atomic E-state index is 0.778. The van der Waals surface area contributed by atoms with Crippen molar-refractivity contribution in [3.8, 4) is 5.75 Å². The van der Waals surface area contributed by atoms with Crippen molar-refractivity contribution in [3.05, 3.63) is 54.1 Å². The largest absolute Gasteiger partial charge is 0.494 e. The highest BCUT2D eigenvalue weighted by atomic mass is 32.2. The average molecular weight is 315 g/mol. The van der Waals surface area contributed by atoms with Crippen LogP contribution in [0.3, 0.4) is 0 Å². The van der Waals surface area contributed by atoms with Crippen LogP contribution in [-0.2, 0) is 5.75 Å². The number of para-hydroxylation sites is 1. The van der Waals surface area contributed by atoms with Crippen molar-refractivity contribution < 1.29 is 4.74 Å². The van der Waals surface area contributed by atoms with Gasteiger partial charge in [-0.15, -0.1) is 11.3 Å². The molecule has 0 fully saturated rings. The number of nitrogens with zero attached hydrogens (tertiary/aromatic N) is 1. The molecule has 0 aliphatic carbocycles. The Kier molecular flexibility index (Phi) is 4.78. The number of fused-ring (bicyclic) bond motifs is 1. The first-order valence-electron chi connectivity index (χ1n) is 7.05. The van der Waals surface area contributed by atoms with Crippen LogP contribution in [0.2, 0.25) is 0 Å². The van der Waals surface area contributed by atoms with Gasteiger partial charge in [-0.2, -0.15) is 0 Å². The molecule has 0 aliphatic rings. The molecular formula is C17H17NOS2. The molecule has 0 spiro atoms. The van der Waals surface area contributed by atoms with Crippen molar-refractivity contribution >= 4 is 33.3 Å². The first-order chi connectivity index (χ1) is 10.3. The van der Waals surface area contributed by atoms with Crippen molar-refractivity contribution in [2.75, 3.05) is 6.61 Å². The topological polar surface area (TPSA) is 22.1 Å². The van der Waals surface area contributed by atoms with Crippen molar-refractivity contribution in [1.82, 2.24) is 4.98 Å². The second kappa shape index (κ2) is 6.96. The van der Waals surface area contributed by atoms with Crippen LogP contribution >= 0.6 is 23.1 Å². The van der Waals surface area contributed by atoms with Gasteiger partial charge in [-0.05, 0) is 36.2 Å². The van der Waals surface area contributed by atoms with Gasteiger partial charge in [-0.25, -0.2) is 4.98 Å². The van der Waals surface area contributed by atoms with E-state index in [0.717, 1.165) is 34.4 Å². The van der Waals surface area contributed by atoms with E-state index in [0.29, 0.717) is 0 Å². The van der Waals surface area contributed by atoms with Crippen LogP contribution in [0.1, 0.15) is 18.9 Å². The molecule has 3 rings (SSSR count). The predicted molar refractivity (Wildman–Crippen MR) is 91.4 cm³/mol. The summed E-state index contributed by atoms with van der Waals surface area (Å²) in [4.78, 5) is 4.64. The molecule has 21 heavy (non-hydrogen) atoms. The lowest BCUT2D eigenvalue weighted by atomic mass is 10.2. The molecule has 0 unspecified atom stereocenters. The molecule has 0 aliphatic heterocycles. The van der Waals surface area contributed by atoms with Crippen molar-refractivity contribution in [2.45, 2.75) is 23.4 Å². The second-order valence-electron chi connectivity index (χ2n) is 4.73. The van der Waals surface area contributed by atoms with E-state index in [-0.39, 0.29) is 0 Å². The van der Waals surface area contributed by atoms with Crippen LogP contribution in [0.5, 0.6) is 5.75 Å². The summed E-state index contributed by atoms with van der Waals surface area (Å²) in [5.41, 5.74) is 2.39. The van der Waals surface area contributed by atoms with Gasteiger partial charge in [0.25, 0.3) is 0 Å². The summed E-state index contributed by atoms with van der Waals surface area (Å²) in [6.45, 7) is 2.89. The smallest absolute Gasteiger partial charge is 0.151 e. The maximum atomic E-state index is 5.60. The Bertz CT molecular complexity index is 673. The maximum Gasteiger partial charge on any atom is 0.151 e. The van der Waals surface area contributed by atoms with Gasteiger partial charge in [0.15, 0.2) is 4.34 Å². The summed E-state index contributed by atoms with van der Waals surface area (Å²) in [6, 6.07) is 16.6. The quantitative estimate of drug-likeness (QED) is 0.570. The molecule has 0 amide bonds.